The maximum absolute atomic E-state index is 13.3. The number of halogens is 3. The molecule has 3 saturated carbocycles. The second-order valence-electron chi connectivity index (χ2n) is 11.7. The second kappa shape index (κ2) is 10.7. The van der Waals surface area contributed by atoms with Gasteiger partial charge in [-0.3, -0.25) is 9.48 Å². The van der Waals surface area contributed by atoms with E-state index < -0.39 is 21.7 Å². The highest BCUT2D eigenvalue weighted by Crippen LogP contribution is 2.62. The first kappa shape index (κ1) is 29.0. The number of nitrogens with zero attached hydrogens (tertiary/aromatic N) is 3. The van der Waals surface area contributed by atoms with Gasteiger partial charge in [0.05, 0.1) is 28.6 Å². The smallest absolute Gasteiger partial charge is 0.273 e. The van der Waals surface area contributed by atoms with Gasteiger partial charge in [0, 0.05) is 50.5 Å². The van der Waals surface area contributed by atoms with Crippen molar-refractivity contribution in [2.75, 3.05) is 25.2 Å². The summed E-state index contributed by atoms with van der Waals surface area (Å²) in [6, 6.07) is 1.83. The number of sulfone groups is 1. The number of hydrogen-bond acceptors (Lipinski definition) is 7. The molecule has 2 N–H and O–H groups in total. The summed E-state index contributed by atoms with van der Waals surface area (Å²) in [5.41, 5.74) is 0.955. The summed E-state index contributed by atoms with van der Waals surface area (Å²) in [4.78, 5) is 17.6. The van der Waals surface area contributed by atoms with E-state index in [-0.39, 0.29) is 46.2 Å². The largest absolute Gasteiger partial charge is 0.496 e. The van der Waals surface area contributed by atoms with E-state index in [9.17, 15) is 22.0 Å². The molecule has 2 aromatic heterocycles. The minimum atomic E-state index is -3.04. The molecule has 9 nitrogen and oxygen atoms in total. The van der Waals surface area contributed by atoms with Crippen molar-refractivity contribution in [3.63, 3.8) is 0 Å². The van der Waals surface area contributed by atoms with Gasteiger partial charge in [-0.1, -0.05) is 11.6 Å². The zero-order valence-corrected chi connectivity index (χ0v) is 24.5. The molecule has 1 amide bonds. The van der Waals surface area contributed by atoms with Gasteiger partial charge in [0.2, 0.25) is 5.92 Å². The molecule has 0 unspecified atom stereocenters. The quantitative estimate of drug-likeness (QED) is 0.419. The van der Waals surface area contributed by atoms with Crippen molar-refractivity contribution < 1.29 is 26.7 Å². The first-order valence-electron chi connectivity index (χ1n) is 13.8. The molecule has 0 aliphatic heterocycles. The Labute approximate surface area is 238 Å². The Hall–Kier alpha value is -2.47. The lowest BCUT2D eigenvalue weighted by molar-refractivity contribution is -0.193. The predicted molar refractivity (Wildman–Crippen MR) is 149 cm³/mol. The van der Waals surface area contributed by atoms with E-state index >= 15 is 0 Å². The summed E-state index contributed by atoms with van der Waals surface area (Å²) in [7, 11) is -1.51. The highest BCUT2D eigenvalue weighted by molar-refractivity contribution is 7.91. The monoisotopic (exact) mass is 599 g/mol. The zero-order valence-electron chi connectivity index (χ0n) is 23.0. The number of rotatable bonds is 9. The van der Waals surface area contributed by atoms with Crippen LogP contribution in [0.15, 0.2) is 12.3 Å². The minimum absolute atomic E-state index is 0.0341. The molecule has 0 saturated heterocycles. The number of aromatic nitrogens is 3. The van der Waals surface area contributed by atoms with Gasteiger partial charge in [0.15, 0.2) is 5.69 Å². The number of methoxy groups -OCH3 is 1. The Morgan fingerprint density at radius 1 is 1.23 bits per heavy atom. The van der Waals surface area contributed by atoms with Crippen LogP contribution < -0.4 is 15.4 Å². The fraction of sp³-hybridized carbons (Fsp3) is 0.667. The lowest BCUT2D eigenvalue weighted by atomic mass is 9.52. The molecule has 2 aromatic rings. The van der Waals surface area contributed by atoms with Crippen LogP contribution in [-0.2, 0) is 16.4 Å². The predicted octanol–water partition coefficient (Wildman–Crippen LogP) is 4.95. The molecule has 2 heterocycles. The third-order valence-electron chi connectivity index (χ3n) is 8.68. The zero-order chi connectivity index (χ0) is 28.9. The molecule has 13 heteroatoms. The van der Waals surface area contributed by atoms with Gasteiger partial charge in [-0.15, -0.1) is 0 Å². The molecular formula is C27H36ClF2N5O4S. The summed E-state index contributed by atoms with van der Waals surface area (Å²) in [5.74, 6) is -1.65. The van der Waals surface area contributed by atoms with Crippen molar-refractivity contribution in [1.29, 1.82) is 0 Å². The second-order valence-corrected chi connectivity index (χ2v) is 14.4. The van der Waals surface area contributed by atoms with Crippen molar-refractivity contribution in [1.82, 2.24) is 20.1 Å². The number of nitrogens with one attached hydrogen (secondary N) is 2. The Kier molecular flexibility index (Phi) is 7.80. The van der Waals surface area contributed by atoms with Crippen LogP contribution in [-0.4, -0.2) is 66.2 Å². The lowest BCUT2D eigenvalue weighted by Crippen LogP contribution is -2.57. The van der Waals surface area contributed by atoms with E-state index in [0.717, 1.165) is 12.8 Å². The third-order valence-corrected chi connectivity index (χ3v) is 10.7. The molecule has 0 radical (unpaired) electrons. The molecular weight excluding hydrogens is 564 g/mol. The van der Waals surface area contributed by atoms with E-state index in [1.165, 1.54) is 13.4 Å². The first-order valence-corrected chi connectivity index (χ1v) is 16.1. The highest BCUT2D eigenvalue weighted by atomic mass is 35.5. The number of carbonyl (C=O) groups excluding carboxylic acids is 1. The molecule has 5 rings (SSSR count). The van der Waals surface area contributed by atoms with Crippen molar-refractivity contribution >= 4 is 33.2 Å². The Morgan fingerprint density at radius 3 is 2.48 bits per heavy atom. The van der Waals surface area contributed by atoms with Gasteiger partial charge < -0.3 is 15.4 Å². The van der Waals surface area contributed by atoms with E-state index in [4.69, 9.17) is 16.3 Å². The third kappa shape index (κ3) is 5.79. The summed E-state index contributed by atoms with van der Waals surface area (Å²) in [6.45, 7) is 2.77. The fourth-order valence-electron chi connectivity index (χ4n) is 6.65. The van der Waals surface area contributed by atoms with Crippen molar-refractivity contribution in [2.24, 2.45) is 11.3 Å². The van der Waals surface area contributed by atoms with E-state index in [1.807, 2.05) is 6.92 Å². The molecule has 40 heavy (non-hydrogen) atoms. The molecule has 1 spiro atoms. The molecule has 0 atom stereocenters. The van der Waals surface area contributed by atoms with Crippen LogP contribution in [0.3, 0.4) is 0 Å². The van der Waals surface area contributed by atoms with Gasteiger partial charge in [-0.05, 0) is 56.8 Å². The molecule has 3 fully saturated rings. The molecule has 220 valence electrons. The maximum Gasteiger partial charge on any atom is 0.273 e. The van der Waals surface area contributed by atoms with Gasteiger partial charge >= 0.3 is 0 Å². The molecule has 0 bridgehead atoms. The Morgan fingerprint density at radius 2 is 1.90 bits per heavy atom. The van der Waals surface area contributed by atoms with Gasteiger partial charge in [0.25, 0.3) is 5.91 Å². The van der Waals surface area contributed by atoms with E-state index in [0.29, 0.717) is 61.6 Å². The van der Waals surface area contributed by atoms with Crippen LogP contribution in [0, 0.1) is 11.3 Å². The number of carbonyl (C=O) groups is 1. The average molecular weight is 600 g/mol. The van der Waals surface area contributed by atoms with Crippen LogP contribution in [0.5, 0.6) is 5.75 Å². The SMILES string of the molecule is CCn1nc(C(=O)NCC2CCC(S(C)(=O)=O)CC2)c(Cl)c1-c1cnc(NC2CC3(C2)CC(F)(F)C3)cc1OC. The van der Waals surface area contributed by atoms with Crippen LogP contribution >= 0.6 is 11.6 Å². The van der Waals surface area contributed by atoms with Crippen LogP contribution in [0.2, 0.25) is 5.02 Å². The average Bonchev–Trinajstić information content (AvgIpc) is 3.20. The summed E-state index contributed by atoms with van der Waals surface area (Å²) in [6.07, 6.45) is 6.89. The summed E-state index contributed by atoms with van der Waals surface area (Å²) >= 11 is 6.72. The minimum Gasteiger partial charge on any atom is -0.496 e. The normalized spacial score (nSPS) is 23.8. The fourth-order valence-corrected chi connectivity index (χ4v) is 8.10. The van der Waals surface area contributed by atoms with Crippen LogP contribution in [0.25, 0.3) is 11.3 Å². The summed E-state index contributed by atoms with van der Waals surface area (Å²) < 4.78 is 57.5. The number of anilines is 1. The highest BCUT2D eigenvalue weighted by Gasteiger charge is 2.61. The number of aryl methyl sites for hydroxylation is 1. The van der Waals surface area contributed by atoms with Gasteiger partial charge in [-0.25, -0.2) is 22.2 Å². The van der Waals surface area contributed by atoms with Crippen LogP contribution in [0.4, 0.5) is 14.6 Å². The molecule has 0 aromatic carbocycles. The number of hydrogen-bond donors (Lipinski definition) is 2. The number of ether oxygens (including phenoxy) is 1. The first-order chi connectivity index (χ1) is 18.8. The Bertz CT molecular complexity index is 1380. The summed E-state index contributed by atoms with van der Waals surface area (Å²) in [5, 5.41) is 10.6. The van der Waals surface area contributed by atoms with E-state index in [1.54, 1.807) is 16.9 Å². The number of alkyl halides is 2. The van der Waals surface area contributed by atoms with Crippen molar-refractivity contribution in [3.8, 4) is 17.0 Å². The van der Waals surface area contributed by atoms with Crippen molar-refractivity contribution in [2.45, 2.75) is 82.0 Å². The van der Waals surface area contributed by atoms with Gasteiger partial charge in [-0.2, -0.15) is 5.10 Å². The Balaban J connectivity index is 1.25. The van der Waals surface area contributed by atoms with Crippen LogP contribution in [0.1, 0.15) is 68.8 Å². The standard InChI is InChI=1S/C27H36ClF2N5O4S/c1-4-35-24(22(28)23(34-35)25(36)32-12-16-5-7-18(8-6-16)40(3,37)38)19-13-31-21(9-20(19)39-2)33-17-10-26(11-17)14-27(29,30)15-26/h9,13,16-18H,4-8,10-12,14-15H2,1-3H3,(H,31,33)(H,32,36). The maximum atomic E-state index is 13.3. The van der Waals surface area contributed by atoms with E-state index in [2.05, 4.69) is 20.7 Å². The van der Waals surface area contributed by atoms with Gasteiger partial charge in [0.1, 0.15) is 21.4 Å². The molecule has 3 aliphatic carbocycles. The topological polar surface area (TPSA) is 115 Å². The lowest BCUT2D eigenvalue weighted by Gasteiger charge is -2.57. The molecule has 3 aliphatic rings. The van der Waals surface area contributed by atoms with Crippen molar-refractivity contribution in [3.05, 3.63) is 23.0 Å². The number of pyridine rings is 1. The number of amides is 1.